The van der Waals surface area contributed by atoms with Gasteiger partial charge in [0.2, 0.25) is 5.91 Å². The van der Waals surface area contributed by atoms with Crippen LogP contribution in [0.2, 0.25) is 0 Å². The summed E-state index contributed by atoms with van der Waals surface area (Å²) in [5, 5.41) is 2.38. The van der Waals surface area contributed by atoms with Crippen molar-refractivity contribution in [3.05, 3.63) is 35.6 Å². The Kier molecular flexibility index (Phi) is 5.86. The second kappa shape index (κ2) is 7.87. The Morgan fingerprint density at radius 2 is 2.04 bits per heavy atom. The van der Waals surface area contributed by atoms with E-state index in [2.05, 4.69) is 5.32 Å². The Morgan fingerprint density at radius 3 is 2.62 bits per heavy atom. The molecule has 1 aromatic carbocycles. The molecule has 0 saturated carbocycles. The van der Waals surface area contributed by atoms with Crippen LogP contribution in [-0.2, 0) is 16.1 Å². The first-order chi connectivity index (χ1) is 11.4. The van der Waals surface area contributed by atoms with E-state index in [0.717, 1.165) is 4.90 Å². The van der Waals surface area contributed by atoms with Gasteiger partial charge in [0.1, 0.15) is 12.4 Å². The Hall–Kier alpha value is -2.48. The molecule has 1 N–H and O–H groups in total. The monoisotopic (exact) mass is 336 g/mol. The Labute approximate surface area is 140 Å². The number of nitrogens with one attached hydrogen (secondary N) is 1. The number of amides is 4. The predicted octanol–water partition coefficient (Wildman–Crippen LogP) is 0.268. The van der Waals surface area contributed by atoms with E-state index < -0.39 is 11.9 Å². The maximum Gasteiger partial charge on any atom is 0.325 e. The van der Waals surface area contributed by atoms with Gasteiger partial charge in [0.05, 0.1) is 6.54 Å². The summed E-state index contributed by atoms with van der Waals surface area (Å²) < 4.78 is 13.3. The van der Waals surface area contributed by atoms with E-state index in [0.29, 0.717) is 18.7 Å². The van der Waals surface area contributed by atoms with Crippen molar-refractivity contribution in [2.45, 2.75) is 6.54 Å². The van der Waals surface area contributed by atoms with Crippen LogP contribution in [0.15, 0.2) is 24.3 Å². The van der Waals surface area contributed by atoms with Crippen molar-refractivity contribution in [3.63, 3.8) is 0 Å². The summed E-state index contributed by atoms with van der Waals surface area (Å²) in [7, 11) is 3.75. The van der Waals surface area contributed by atoms with E-state index in [9.17, 15) is 18.8 Å². The SMILES string of the molecule is CN(C)CCN(Cc1cccc(F)c1)C(=O)CN1C(=O)CNC1=O. The molecule has 0 atom stereocenters. The zero-order valence-electron chi connectivity index (χ0n) is 13.8. The van der Waals surface area contributed by atoms with E-state index in [1.165, 1.54) is 17.0 Å². The van der Waals surface area contributed by atoms with Crippen LogP contribution in [0.1, 0.15) is 5.56 Å². The summed E-state index contributed by atoms with van der Waals surface area (Å²) in [5.41, 5.74) is 0.652. The molecule has 1 saturated heterocycles. The number of likely N-dealkylation sites (N-methyl/N-ethyl adjacent to an activating group) is 1. The minimum Gasteiger partial charge on any atom is -0.336 e. The Bertz CT molecular complexity index is 620. The summed E-state index contributed by atoms with van der Waals surface area (Å²) in [5.74, 6) is -1.15. The molecule has 0 bridgehead atoms. The van der Waals surface area contributed by atoms with Crippen molar-refractivity contribution in [3.8, 4) is 0 Å². The predicted molar refractivity (Wildman–Crippen MR) is 85.5 cm³/mol. The molecule has 1 fully saturated rings. The van der Waals surface area contributed by atoms with Gasteiger partial charge in [-0.1, -0.05) is 12.1 Å². The second-order valence-electron chi connectivity index (χ2n) is 5.89. The van der Waals surface area contributed by atoms with Crippen molar-refractivity contribution >= 4 is 17.8 Å². The lowest BCUT2D eigenvalue weighted by atomic mass is 10.2. The number of rotatable bonds is 7. The molecule has 0 aliphatic carbocycles. The number of carbonyl (C=O) groups excluding carboxylic acids is 3. The van der Waals surface area contributed by atoms with Crippen LogP contribution >= 0.6 is 0 Å². The molecule has 8 heteroatoms. The average molecular weight is 336 g/mol. The van der Waals surface area contributed by atoms with Crippen LogP contribution in [0, 0.1) is 5.82 Å². The fourth-order valence-corrected chi connectivity index (χ4v) is 2.32. The van der Waals surface area contributed by atoms with Gasteiger partial charge in [-0.2, -0.15) is 0 Å². The first-order valence-electron chi connectivity index (χ1n) is 7.62. The fraction of sp³-hybridized carbons (Fsp3) is 0.438. The molecule has 130 valence electrons. The van der Waals surface area contributed by atoms with Crippen LogP contribution in [0.3, 0.4) is 0 Å². The lowest BCUT2D eigenvalue weighted by Crippen LogP contribution is -2.44. The fourth-order valence-electron chi connectivity index (χ4n) is 2.32. The Balaban J connectivity index is 2.07. The standard InChI is InChI=1S/C16H21FN4O3/c1-19(2)6-7-20(10-12-4-3-5-13(17)8-12)15(23)11-21-14(22)9-18-16(21)24/h3-5,8H,6-7,9-11H2,1-2H3,(H,18,24). The first-order valence-corrected chi connectivity index (χ1v) is 7.62. The molecule has 7 nitrogen and oxygen atoms in total. The number of urea groups is 1. The van der Waals surface area contributed by atoms with Gasteiger partial charge in [-0.25, -0.2) is 9.18 Å². The molecular weight excluding hydrogens is 315 g/mol. The van der Waals surface area contributed by atoms with Crippen LogP contribution in [0.5, 0.6) is 0 Å². The lowest BCUT2D eigenvalue weighted by molar-refractivity contribution is -0.137. The number of nitrogens with zero attached hydrogens (tertiary/aromatic N) is 3. The Morgan fingerprint density at radius 1 is 1.29 bits per heavy atom. The molecule has 1 heterocycles. The molecule has 4 amide bonds. The van der Waals surface area contributed by atoms with Gasteiger partial charge in [-0.3, -0.25) is 14.5 Å². The van der Waals surface area contributed by atoms with E-state index in [1.807, 2.05) is 19.0 Å². The van der Waals surface area contributed by atoms with Crippen molar-refractivity contribution in [2.75, 3.05) is 40.3 Å². The van der Waals surface area contributed by atoms with Gasteiger partial charge in [0, 0.05) is 19.6 Å². The molecule has 24 heavy (non-hydrogen) atoms. The molecule has 1 aliphatic rings. The van der Waals surface area contributed by atoms with Gasteiger partial charge in [-0.15, -0.1) is 0 Å². The molecule has 0 unspecified atom stereocenters. The molecule has 0 radical (unpaired) electrons. The van der Waals surface area contributed by atoms with E-state index in [4.69, 9.17) is 0 Å². The molecule has 1 aromatic rings. The quantitative estimate of drug-likeness (QED) is 0.726. The van der Waals surface area contributed by atoms with Gasteiger partial charge >= 0.3 is 6.03 Å². The summed E-state index contributed by atoms with van der Waals surface area (Å²) >= 11 is 0. The summed E-state index contributed by atoms with van der Waals surface area (Å²) in [6.07, 6.45) is 0. The number of imide groups is 1. The largest absolute Gasteiger partial charge is 0.336 e. The van der Waals surface area contributed by atoms with E-state index >= 15 is 0 Å². The number of halogens is 1. The van der Waals surface area contributed by atoms with Crippen LogP contribution in [-0.4, -0.2) is 72.8 Å². The zero-order valence-corrected chi connectivity index (χ0v) is 13.8. The third kappa shape index (κ3) is 4.76. The van der Waals surface area contributed by atoms with Crippen molar-refractivity contribution in [1.82, 2.24) is 20.0 Å². The van der Waals surface area contributed by atoms with Crippen molar-refractivity contribution in [1.29, 1.82) is 0 Å². The van der Waals surface area contributed by atoms with Crippen molar-refractivity contribution < 1.29 is 18.8 Å². The van der Waals surface area contributed by atoms with Crippen LogP contribution in [0.4, 0.5) is 9.18 Å². The maximum absolute atomic E-state index is 13.3. The lowest BCUT2D eigenvalue weighted by Gasteiger charge is -2.26. The maximum atomic E-state index is 13.3. The summed E-state index contributed by atoms with van der Waals surface area (Å²) in [4.78, 5) is 40.1. The molecular formula is C16H21FN4O3. The van der Waals surface area contributed by atoms with Gasteiger partial charge in [0.25, 0.3) is 5.91 Å². The van der Waals surface area contributed by atoms with Crippen LogP contribution < -0.4 is 5.32 Å². The number of carbonyl (C=O) groups is 3. The third-order valence-electron chi connectivity index (χ3n) is 3.66. The molecule has 0 spiro atoms. The van der Waals surface area contributed by atoms with Gasteiger partial charge in [0.15, 0.2) is 0 Å². The normalized spacial score (nSPS) is 14.2. The van der Waals surface area contributed by atoms with Crippen LogP contribution in [0.25, 0.3) is 0 Å². The molecule has 2 rings (SSSR count). The summed E-state index contributed by atoms with van der Waals surface area (Å²) in [6, 6.07) is 5.45. The second-order valence-corrected chi connectivity index (χ2v) is 5.89. The minimum absolute atomic E-state index is 0.0896. The zero-order chi connectivity index (χ0) is 17.7. The molecule has 1 aliphatic heterocycles. The van der Waals surface area contributed by atoms with E-state index in [-0.39, 0.29) is 31.4 Å². The number of benzene rings is 1. The van der Waals surface area contributed by atoms with Gasteiger partial charge < -0.3 is 15.1 Å². The highest BCUT2D eigenvalue weighted by atomic mass is 19.1. The highest BCUT2D eigenvalue weighted by Gasteiger charge is 2.31. The third-order valence-corrected chi connectivity index (χ3v) is 3.66. The topological polar surface area (TPSA) is 73.0 Å². The smallest absolute Gasteiger partial charge is 0.325 e. The minimum atomic E-state index is -0.563. The van der Waals surface area contributed by atoms with Gasteiger partial charge in [-0.05, 0) is 31.8 Å². The number of hydrogen-bond donors (Lipinski definition) is 1. The highest BCUT2D eigenvalue weighted by Crippen LogP contribution is 2.09. The average Bonchev–Trinajstić information content (AvgIpc) is 2.83. The van der Waals surface area contributed by atoms with Crippen molar-refractivity contribution in [2.24, 2.45) is 0 Å². The van der Waals surface area contributed by atoms with E-state index in [1.54, 1.807) is 12.1 Å². The number of hydrogen-bond acceptors (Lipinski definition) is 4. The molecule has 0 aromatic heterocycles. The highest BCUT2D eigenvalue weighted by molar-refractivity contribution is 6.04. The summed E-state index contributed by atoms with van der Waals surface area (Å²) in [6.45, 7) is 0.836. The first kappa shape index (κ1) is 17.9.